The third kappa shape index (κ3) is 3.61. The van der Waals surface area contributed by atoms with Crippen LogP contribution in [-0.2, 0) is 5.75 Å². The van der Waals surface area contributed by atoms with Crippen molar-refractivity contribution in [3.63, 3.8) is 0 Å². The number of terminal acetylenes is 1. The minimum absolute atomic E-state index is 0.879. The van der Waals surface area contributed by atoms with E-state index in [0.717, 1.165) is 30.1 Å². The van der Waals surface area contributed by atoms with E-state index in [2.05, 4.69) is 12.8 Å². The Morgan fingerprint density at radius 2 is 2.46 bits per heavy atom. The van der Waals surface area contributed by atoms with Gasteiger partial charge in [-0.3, -0.25) is 0 Å². The molecule has 13 heavy (non-hydrogen) atoms. The zero-order valence-corrected chi connectivity index (χ0v) is 8.69. The topological polar surface area (TPSA) is 13.1 Å². The molecule has 0 unspecified atom stereocenters. The molecule has 0 bridgehead atoms. The van der Waals surface area contributed by atoms with Gasteiger partial charge >= 0.3 is 0 Å². The molecular weight excluding hydrogens is 180 g/mol. The van der Waals surface area contributed by atoms with Crippen LogP contribution >= 0.6 is 11.8 Å². The summed E-state index contributed by atoms with van der Waals surface area (Å²) in [6, 6.07) is 2.00. The highest BCUT2D eigenvalue weighted by atomic mass is 32.2. The summed E-state index contributed by atoms with van der Waals surface area (Å²) in [5.41, 5.74) is 1.24. The van der Waals surface area contributed by atoms with Gasteiger partial charge in [0.25, 0.3) is 0 Å². The molecule has 70 valence electrons. The average Bonchev–Trinajstić information content (AvgIpc) is 2.52. The van der Waals surface area contributed by atoms with Gasteiger partial charge in [-0.05, 0) is 30.7 Å². The SMILES string of the molecule is C#CCCCSCc1occc1C. The van der Waals surface area contributed by atoms with E-state index in [1.807, 2.05) is 17.8 Å². The van der Waals surface area contributed by atoms with Crippen LogP contribution in [-0.4, -0.2) is 5.75 Å². The van der Waals surface area contributed by atoms with Crippen molar-refractivity contribution in [1.29, 1.82) is 0 Å². The maximum Gasteiger partial charge on any atom is 0.116 e. The van der Waals surface area contributed by atoms with Crippen LogP contribution in [0, 0.1) is 19.3 Å². The molecule has 0 aliphatic carbocycles. The number of rotatable bonds is 5. The van der Waals surface area contributed by atoms with Crippen molar-refractivity contribution < 1.29 is 4.42 Å². The van der Waals surface area contributed by atoms with Gasteiger partial charge in [0.15, 0.2) is 0 Å². The zero-order chi connectivity index (χ0) is 9.52. The first-order valence-corrected chi connectivity index (χ1v) is 5.54. The molecule has 1 nitrogen and oxygen atoms in total. The van der Waals surface area contributed by atoms with E-state index >= 15 is 0 Å². The molecule has 1 aromatic rings. The number of hydrogen-bond acceptors (Lipinski definition) is 2. The average molecular weight is 194 g/mol. The molecule has 0 aliphatic heterocycles. The van der Waals surface area contributed by atoms with E-state index in [0.29, 0.717) is 0 Å². The van der Waals surface area contributed by atoms with Gasteiger partial charge in [-0.15, -0.1) is 12.3 Å². The number of hydrogen-bond donors (Lipinski definition) is 0. The third-order valence-electron chi connectivity index (χ3n) is 1.81. The fourth-order valence-electron chi connectivity index (χ4n) is 0.993. The van der Waals surface area contributed by atoms with Crippen LogP contribution in [0.2, 0.25) is 0 Å². The Balaban J connectivity index is 2.14. The molecular formula is C11H14OS. The number of thioether (sulfide) groups is 1. The lowest BCUT2D eigenvalue weighted by Crippen LogP contribution is -1.83. The number of aryl methyl sites for hydroxylation is 1. The highest BCUT2D eigenvalue weighted by Gasteiger charge is 2.00. The molecule has 1 rings (SSSR count). The normalized spacial score (nSPS) is 9.85. The molecule has 0 aromatic carbocycles. The van der Waals surface area contributed by atoms with Gasteiger partial charge in [0.2, 0.25) is 0 Å². The molecule has 2 heteroatoms. The summed E-state index contributed by atoms with van der Waals surface area (Å²) in [5.74, 6) is 5.80. The molecule has 0 N–H and O–H groups in total. The molecule has 1 aromatic heterocycles. The van der Waals surface area contributed by atoms with Gasteiger partial charge in [0.1, 0.15) is 5.76 Å². The molecule has 0 amide bonds. The lowest BCUT2D eigenvalue weighted by molar-refractivity contribution is 0.528. The van der Waals surface area contributed by atoms with Crippen LogP contribution in [0.3, 0.4) is 0 Å². The minimum atomic E-state index is 0.879. The van der Waals surface area contributed by atoms with Crippen molar-refractivity contribution in [1.82, 2.24) is 0 Å². The largest absolute Gasteiger partial charge is 0.468 e. The number of unbranched alkanes of at least 4 members (excludes halogenated alkanes) is 1. The Labute approximate surface area is 83.9 Å². The number of furan rings is 1. The summed E-state index contributed by atoms with van der Waals surface area (Å²) in [5, 5.41) is 0. The molecule has 0 spiro atoms. The van der Waals surface area contributed by atoms with Gasteiger partial charge < -0.3 is 4.42 Å². The van der Waals surface area contributed by atoms with Crippen molar-refractivity contribution in [2.75, 3.05) is 5.75 Å². The minimum Gasteiger partial charge on any atom is -0.468 e. The van der Waals surface area contributed by atoms with Crippen LogP contribution in [0.4, 0.5) is 0 Å². The molecule has 0 aliphatic rings. The van der Waals surface area contributed by atoms with Crippen molar-refractivity contribution in [3.8, 4) is 12.3 Å². The molecule has 1 heterocycles. The van der Waals surface area contributed by atoms with E-state index < -0.39 is 0 Å². The van der Waals surface area contributed by atoms with Crippen LogP contribution < -0.4 is 0 Å². The fourth-order valence-corrected chi connectivity index (χ4v) is 1.97. The van der Waals surface area contributed by atoms with Gasteiger partial charge in [-0.2, -0.15) is 11.8 Å². The molecule has 0 radical (unpaired) electrons. The highest BCUT2D eigenvalue weighted by Crippen LogP contribution is 2.17. The Morgan fingerprint density at radius 1 is 1.62 bits per heavy atom. The van der Waals surface area contributed by atoms with Crippen LogP contribution in [0.15, 0.2) is 16.7 Å². The van der Waals surface area contributed by atoms with Crippen molar-refractivity contribution in [2.24, 2.45) is 0 Å². The van der Waals surface area contributed by atoms with Gasteiger partial charge in [0, 0.05) is 6.42 Å². The lowest BCUT2D eigenvalue weighted by Gasteiger charge is -1.97. The second-order valence-electron chi connectivity index (χ2n) is 2.89. The quantitative estimate of drug-likeness (QED) is 0.527. The van der Waals surface area contributed by atoms with Crippen LogP contribution in [0.5, 0.6) is 0 Å². The van der Waals surface area contributed by atoms with E-state index in [9.17, 15) is 0 Å². The van der Waals surface area contributed by atoms with Gasteiger partial charge in [0.05, 0.1) is 12.0 Å². The predicted molar refractivity (Wildman–Crippen MR) is 57.7 cm³/mol. The Morgan fingerprint density at radius 3 is 3.08 bits per heavy atom. The van der Waals surface area contributed by atoms with E-state index in [1.165, 1.54) is 5.56 Å². The summed E-state index contributed by atoms with van der Waals surface area (Å²) in [4.78, 5) is 0. The van der Waals surface area contributed by atoms with Crippen molar-refractivity contribution in [3.05, 3.63) is 23.7 Å². The Hall–Kier alpha value is -0.810. The summed E-state index contributed by atoms with van der Waals surface area (Å²) < 4.78 is 5.31. The summed E-state index contributed by atoms with van der Waals surface area (Å²) in [6.07, 6.45) is 8.87. The highest BCUT2D eigenvalue weighted by molar-refractivity contribution is 7.98. The predicted octanol–water partition coefficient (Wildman–Crippen LogP) is 3.23. The molecule has 0 fully saturated rings. The fraction of sp³-hybridized carbons (Fsp3) is 0.455. The monoisotopic (exact) mass is 194 g/mol. The van der Waals surface area contributed by atoms with E-state index in [-0.39, 0.29) is 0 Å². The Kier molecular flexibility index (Phi) is 4.56. The van der Waals surface area contributed by atoms with Gasteiger partial charge in [-0.25, -0.2) is 0 Å². The van der Waals surface area contributed by atoms with Crippen molar-refractivity contribution in [2.45, 2.75) is 25.5 Å². The van der Waals surface area contributed by atoms with Crippen LogP contribution in [0.1, 0.15) is 24.2 Å². The maximum atomic E-state index is 5.31. The molecule has 0 atom stereocenters. The standard InChI is InChI=1S/C11H14OS/c1-3-4-5-8-13-9-11-10(2)6-7-12-11/h1,6-7H,4-5,8-9H2,2H3. The van der Waals surface area contributed by atoms with E-state index in [1.54, 1.807) is 6.26 Å². The first-order chi connectivity index (χ1) is 6.34. The van der Waals surface area contributed by atoms with Crippen molar-refractivity contribution >= 4 is 11.8 Å². The molecule has 0 saturated carbocycles. The summed E-state index contributed by atoms with van der Waals surface area (Å²) in [7, 11) is 0. The summed E-state index contributed by atoms with van der Waals surface area (Å²) in [6.45, 7) is 2.07. The lowest BCUT2D eigenvalue weighted by atomic mass is 10.3. The Bertz CT molecular complexity index is 283. The van der Waals surface area contributed by atoms with Crippen LogP contribution in [0.25, 0.3) is 0 Å². The smallest absolute Gasteiger partial charge is 0.116 e. The first-order valence-electron chi connectivity index (χ1n) is 4.38. The second kappa shape index (κ2) is 5.77. The van der Waals surface area contributed by atoms with Gasteiger partial charge in [-0.1, -0.05) is 0 Å². The molecule has 0 saturated heterocycles. The maximum absolute atomic E-state index is 5.31. The second-order valence-corrected chi connectivity index (χ2v) is 3.99. The first kappa shape index (κ1) is 10.3. The van der Waals surface area contributed by atoms with E-state index in [4.69, 9.17) is 10.8 Å². The zero-order valence-electron chi connectivity index (χ0n) is 7.88. The summed E-state index contributed by atoms with van der Waals surface area (Å²) >= 11 is 1.88. The third-order valence-corrected chi connectivity index (χ3v) is 2.85.